The number of carbonyl (C=O) groups is 2. The third-order valence-electron chi connectivity index (χ3n) is 4.81. The second-order valence-corrected chi connectivity index (χ2v) is 8.82. The molecule has 1 aromatic carbocycles. The molecule has 0 radical (unpaired) electrons. The van der Waals surface area contributed by atoms with Crippen LogP contribution in [0.4, 0.5) is 4.39 Å². The van der Waals surface area contributed by atoms with Crippen molar-refractivity contribution in [3.05, 3.63) is 60.2 Å². The minimum atomic E-state index is -3.64. The standard InChI is InChI=1S/C20H22FN3O5S/c21-17-5-3-15(4-6-17)12-23-19(25)14-29-20(26)16-7-10-24(11-8-16)30(27,28)18-2-1-9-22-13-18/h1-6,9,13,16H,7-8,10-12,14H2,(H,23,25). The average Bonchev–Trinajstić information content (AvgIpc) is 2.77. The maximum absolute atomic E-state index is 12.9. The van der Waals surface area contributed by atoms with Gasteiger partial charge in [0.25, 0.3) is 5.91 Å². The predicted molar refractivity (Wildman–Crippen MR) is 105 cm³/mol. The van der Waals surface area contributed by atoms with E-state index in [0.29, 0.717) is 12.8 Å². The van der Waals surface area contributed by atoms with Crippen LogP contribution in [0.15, 0.2) is 53.7 Å². The zero-order valence-corrected chi connectivity index (χ0v) is 17.0. The number of carbonyl (C=O) groups excluding carboxylic acids is 2. The van der Waals surface area contributed by atoms with Crippen LogP contribution in [0.1, 0.15) is 18.4 Å². The summed E-state index contributed by atoms with van der Waals surface area (Å²) in [6.07, 6.45) is 3.42. The lowest BCUT2D eigenvalue weighted by Gasteiger charge is -2.29. The number of halogens is 1. The van der Waals surface area contributed by atoms with Crippen molar-refractivity contribution < 1.29 is 27.1 Å². The lowest BCUT2D eigenvalue weighted by atomic mass is 9.98. The van der Waals surface area contributed by atoms with E-state index in [4.69, 9.17) is 4.74 Å². The number of hydrogen-bond acceptors (Lipinski definition) is 6. The van der Waals surface area contributed by atoms with Gasteiger partial charge in [0.2, 0.25) is 10.0 Å². The van der Waals surface area contributed by atoms with Crippen molar-refractivity contribution in [1.82, 2.24) is 14.6 Å². The van der Waals surface area contributed by atoms with Gasteiger partial charge >= 0.3 is 5.97 Å². The fourth-order valence-electron chi connectivity index (χ4n) is 3.09. The number of nitrogens with zero attached hydrogens (tertiary/aromatic N) is 2. The smallest absolute Gasteiger partial charge is 0.309 e. The largest absolute Gasteiger partial charge is 0.455 e. The normalized spacial score (nSPS) is 15.5. The van der Waals surface area contributed by atoms with E-state index < -0.39 is 34.4 Å². The molecule has 1 aliphatic heterocycles. The highest BCUT2D eigenvalue weighted by atomic mass is 32.2. The Bertz CT molecular complexity index is 975. The Hall–Kier alpha value is -2.85. The van der Waals surface area contributed by atoms with Gasteiger partial charge in [-0.1, -0.05) is 12.1 Å². The molecule has 1 amide bonds. The van der Waals surface area contributed by atoms with E-state index in [1.165, 1.54) is 34.9 Å². The van der Waals surface area contributed by atoms with Crippen molar-refractivity contribution >= 4 is 21.9 Å². The van der Waals surface area contributed by atoms with E-state index in [0.717, 1.165) is 5.56 Å². The quantitative estimate of drug-likeness (QED) is 0.661. The molecular formula is C20H22FN3O5S. The highest BCUT2D eigenvalue weighted by molar-refractivity contribution is 7.89. The van der Waals surface area contributed by atoms with Crippen molar-refractivity contribution in [1.29, 1.82) is 0 Å². The Morgan fingerprint density at radius 1 is 1.17 bits per heavy atom. The van der Waals surface area contributed by atoms with Gasteiger partial charge in [0.1, 0.15) is 10.7 Å². The number of sulfonamides is 1. The van der Waals surface area contributed by atoms with Crippen molar-refractivity contribution in [3.8, 4) is 0 Å². The summed E-state index contributed by atoms with van der Waals surface area (Å²) < 4.78 is 44.4. The second-order valence-electron chi connectivity index (χ2n) is 6.88. The van der Waals surface area contributed by atoms with E-state index in [-0.39, 0.29) is 30.3 Å². The summed E-state index contributed by atoms with van der Waals surface area (Å²) in [6, 6.07) is 8.72. The number of amides is 1. The Morgan fingerprint density at radius 3 is 2.50 bits per heavy atom. The van der Waals surface area contributed by atoms with Crippen molar-refractivity contribution in [2.75, 3.05) is 19.7 Å². The topological polar surface area (TPSA) is 106 Å². The molecule has 1 aliphatic rings. The van der Waals surface area contributed by atoms with Crippen molar-refractivity contribution in [2.45, 2.75) is 24.3 Å². The Labute approximate surface area is 174 Å². The lowest BCUT2D eigenvalue weighted by Crippen LogP contribution is -2.41. The minimum Gasteiger partial charge on any atom is -0.455 e. The molecule has 10 heteroatoms. The molecule has 30 heavy (non-hydrogen) atoms. The van der Waals surface area contributed by atoms with Crippen LogP contribution >= 0.6 is 0 Å². The number of piperidine rings is 1. The molecule has 3 rings (SSSR count). The first kappa shape index (κ1) is 21.8. The molecule has 8 nitrogen and oxygen atoms in total. The molecule has 1 N–H and O–H groups in total. The van der Waals surface area contributed by atoms with Crippen LogP contribution in [0.3, 0.4) is 0 Å². The second kappa shape index (κ2) is 9.77. The average molecular weight is 435 g/mol. The summed E-state index contributed by atoms with van der Waals surface area (Å²) >= 11 is 0. The van der Waals surface area contributed by atoms with Crippen LogP contribution in [0.2, 0.25) is 0 Å². The zero-order valence-electron chi connectivity index (χ0n) is 16.2. The van der Waals surface area contributed by atoms with E-state index in [9.17, 15) is 22.4 Å². The van der Waals surface area contributed by atoms with Gasteiger partial charge in [0.15, 0.2) is 6.61 Å². The first-order valence-electron chi connectivity index (χ1n) is 9.44. The molecule has 1 aromatic heterocycles. The van der Waals surface area contributed by atoms with E-state index in [2.05, 4.69) is 10.3 Å². The first-order chi connectivity index (χ1) is 14.4. The summed E-state index contributed by atoms with van der Waals surface area (Å²) in [5, 5.41) is 2.59. The molecular weight excluding hydrogens is 413 g/mol. The highest BCUT2D eigenvalue weighted by Crippen LogP contribution is 2.24. The molecule has 2 aromatic rings. The summed E-state index contributed by atoms with van der Waals surface area (Å²) in [6.45, 7) is 0.150. The van der Waals surface area contributed by atoms with Gasteiger partial charge in [-0.15, -0.1) is 0 Å². The predicted octanol–water partition coefficient (Wildman–Crippen LogP) is 1.48. The van der Waals surface area contributed by atoms with Gasteiger partial charge in [-0.3, -0.25) is 14.6 Å². The summed E-state index contributed by atoms with van der Waals surface area (Å²) in [4.78, 5) is 28.0. The number of aromatic nitrogens is 1. The van der Waals surface area contributed by atoms with Gasteiger partial charge in [-0.25, -0.2) is 12.8 Å². The van der Waals surface area contributed by atoms with E-state index in [1.54, 1.807) is 18.2 Å². The number of benzene rings is 1. The highest BCUT2D eigenvalue weighted by Gasteiger charge is 2.33. The van der Waals surface area contributed by atoms with Crippen LogP contribution in [0.5, 0.6) is 0 Å². The number of esters is 1. The van der Waals surface area contributed by atoms with Gasteiger partial charge < -0.3 is 10.1 Å². The minimum absolute atomic E-state index is 0.115. The summed E-state index contributed by atoms with van der Waals surface area (Å²) in [5.41, 5.74) is 0.721. The Morgan fingerprint density at radius 2 is 1.87 bits per heavy atom. The molecule has 0 unspecified atom stereocenters. The number of ether oxygens (including phenoxy) is 1. The molecule has 0 atom stereocenters. The summed E-state index contributed by atoms with van der Waals surface area (Å²) in [7, 11) is -3.64. The fourth-order valence-corrected chi connectivity index (χ4v) is 4.52. The zero-order chi connectivity index (χ0) is 21.6. The Kier molecular flexibility index (Phi) is 7.11. The molecule has 160 valence electrons. The van der Waals surface area contributed by atoms with Gasteiger partial charge in [-0.2, -0.15) is 4.31 Å². The molecule has 0 aliphatic carbocycles. The van der Waals surface area contributed by atoms with Gasteiger partial charge in [0.05, 0.1) is 5.92 Å². The lowest BCUT2D eigenvalue weighted by molar-refractivity contribution is -0.153. The number of rotatable bonds is 7. The van der Waals surface area contributed by atoms with Crippen LogP contribution < -0.4 is 5.32 Å². The van der Waals surface area contributed by atoms with Crippen LogP contribution in [0, 0.1) is 11.7 Å². The van der Waals surface area contributed by atoms with Crippen molar-refractivity contribution in [3.63, 3.8) is 0 Å². The third kappa shape index (κ3) is 5.61. The molecule has 0 bridgehead atoms. The van der Waals surface area contributed by atoms with Crippen LogP contribution in [0.25, 0.3) is 0 Å². The van der Waals surface area contributed by atoms with Crippen LogP contribution in [-0.2, 0) is 30.9 Å². The summed E-state index contributed by atoms with van der Waals surface area (Å²) in [5.74, 6) is -1.82. The van der Waals surface area contributed by atoms with Crippen molar-refractivity contribution in [2.24, 2.45) is 5.92 Å². The fraction of sp³-hybridized carbons (Fsp3) is 0.350. The Balaban J connectivity index is 1.42. The number of pyridine rings is 1. The van der Waals surface area contributed by atoms with E-state index >= 15 is 0 Å². The molecule has 1 saturated heterocycles. The number of hydrogen-bond donors (Lipinski definition) is 1. The molecule has 2 heterocycles. The van der Waals surface area contributed by atoms with Gasteiger partial charge in [-0.05, 0) is 42.7 Å². The molecule has 0 saturated carbocycles. The van der Waals surface area contributed by atoms with E-state index in [1.807, 2.05) is 0 Å². The SMILES string of the molecule is O=C(COC(=O)C1CCN(S(=O)(=O)c2cccnc2)CC1)NCc1ccc(F)cc1. The number of nitrogens with one attached hydrogen (secondary N) is 1. The van der Waals surface area contributed by atoms with Gasteiger partial charge in [0, 0.05) is 32.0 Å². The molecule has 1 fully saturated rings. The monoisotopic (exact) mass is 435 g/mol. The first-order valence-corrected chi connectivity index (χ1v) is 10.9. The third-order valence-corrected chi connectivity index (χ3v) is 6.69. The maximum atomic E-state index is 12.9. The maximum Gasteiger partial charge on any atom is 0.309 e. The van der Waals surface area contributed by atoms with Crippen LogP contribution in [-0.4, -0.2) is 49.3 Å². The molecule has 0 spiro atoms.